The maximum absolute atomic E-state index is 9.18. The highest BCUT2D eigenvalue weighted by Gasteiger charge is 2.32. The summed E-state index contributed by atoms with van der Waals surface area (Å²) < 4.78 is 1.78. The summed E-state index contributed by atoms with van der Waals surface area (Å²) in [4.78, 5) is 0. The van der Waals surface area contributed by atoms with Crippen molar-refractivity contribution in [3.05, 3.63) is 11.3 Å². The molecule has 1 aliphatic rings. The summed E-state index contributed by atoms with van der Waals surface area (Å²) in [6.07, 6.45) is 6.49. The zero-order chi connectivity index (χ0) is 13.2. The number of anilines is 1. The predicted molar refractivity (Wildman–Crippen MR) is 72.3 cm³/mol. The lowest BCUT2D eigenvalue weighted by atomic mass is 9.83. The summed E-state index contributed by atoms with van der Waals surface area (Å²) in [6.45, 7) is 5.11. The van der Waals surface area contributed by atoms with Gasteiger partial charge < -0.3 is 5.32 Å². The van der Waals surface area contributed by atoms with Crippen molar-refractivity contribution in [3.8, 4) is 6.07 Å². The van der Waals surface area contributed by atoms with Crippen LogP contribution in [0.3, 0.4) is 0 Å². The smallest absolute Gasteiger partial charge is 0.142 e. The molecule has 1 saturated carbocycles. The van der Waals surface area contributed by atoms with Gasteiger partial charge in [0.25, 0.3) is 0 Å². The van der Waals surface area contributed by atoms with Crippen LogP contribution in [0.5, 0.6) is 0 Å². The Morgan fingerprint density at radius 1 is 1.44 bits per heavy atom. The Morgan fingerprint density at radius 3 is 2.67 bits per heavy atom. The summed E-state index contributed by atoms with van der Waals surface area (Å²) in [7, 11) is 1.89. The fourth-order valence-electron chi connectivity index (χ4n) is 3.05. The standard InChI is InChI=1S/C14H22N4/c1-4-14(7-5-6-8-14)10-16-13-12(9-15)11(2)17-18(13)3/h16H,4-8,10H2,1-3H3. The molecule has 1 N–H and O–H groups in total. The summed E-state index contributed by atoms with van der Waals surface area (Å²) in [5, 5.41) is 17.0. The van der Waals surface area contributed by atoms with E-state index in [-0.39, 0.29) is 0 Å². The molecule has 0 radical (unpaired) electrons. The Kier molecular flexibility index (Phi) is 3.60. The van der Waals surface area contributed by atoms with E-state index in [9.17, 15) is 5.26 Å². The monoisotopic (exact) mass is 246 g/mol. The normalized spacial score (nSPS) is 17.7. The molecule has 0 unspecified atom stereocenters. The zero-order valence-corrected chi connectivity index (χ0v) is 11.6. The third-order valence-electron chi connectivity index (χ3n) is 4.38. The van der Waals surface area contributed by atoms with Crippen LogP contribution < -0.4 is 5.32 Å². The van der Waals surface area contributed by atoms with Crippen LogP contribution in [0.2, 0.25) is 0 Å². The first-order valence-corrected chi connectivity index (χ1v) is 6.79. The lowest BCUT2D eigenvalue weighted by molar-refractivity contribution is 0.306. The van der Waals surface area contributed by atoms with E-state index in [0.717, 1.165) is 18.1 Å². The Labute approximate surface area is 109 Å². The first kappa shape index (κ1) is 12.9. The molecule has 1 aromatic rings. The molecule has 98 valence electrons. The average Bonchev–Trinajstić information content (AvgIpc) is 2.92. The molecule has 1 fully saturated rings. The van der Waals surface area contributed by atoms with Gasteiger partial charge in [-0.1, -0.05) is 19.8 Å². The van der Waals surface area contributed by atoms with Crippen LogP contribution in [-0.2, 0) is 7.05 Å². The van der Waals surface area contributed by atoms with E-state index in [1.165, 1.54) is 32.1 Å². The number of aryl methyl sites for hydroxylation is 2. The topological polar surface area (TPSA) is 53.6 Å². The van der Waals surface area contributed by atoms with Gasteiger partial charge in [-0.3, -0.25) is 4.68 Å². The van der Waals surface area contributed by atoms with Crippen LogP contribution in [0.25, 0.3) is 0 Å². The molecule has 1 aromatic heterocycles. The van der Waals surface area contributed by atoms with Gasteiger partial charge >= 0.3 is 0 Å². The van der Waals surface area contributed by atoms with Crippen LogP contribution in [0.4, 0.5) is 5.82 Å². The lowest BCUT2D eigenvalue weighted by Crippen LogP contribution is -2.26. The maximum Gasteiger partial charge on any atom is 0.142 e. The van der Waals surface area contributed by atoms with Gasteiger partial charge in [0.05, 0.1) is 5.69 Å². The predicted octanol–water partition coefficient (Wildman–Crippen LogP) is 2.98. The van der Waals surface area contributed by atoms with E-state index in [1.54, 1.807) is 4.68 Å². The van der Waals surface area contributed by atoms with E-state index in [2.05, 4.69) is 23.4 Å². The fraction of sp³-hybridized carbons (Fsp3) is 0.714. The van der Waals surface area contributed by atoms with Gasteiger partial charge in [-0.2, -0.15) is 10.4 Å². The van der Waals surface area contributed by atoms with E-state index >= 15 is 0 Å². The maximum atomic E-state index is 9.18. The Morgan fingerprint density at radius 2 is 2.11 bits per heavy atom. The zero-order valence-electron chi connectivity index (χ0n) is 11.6. The minimum absolute atomic E-state index is 0.422. The fourth-order valence-corrected chi connectivity index (χ4v) is 3.05. The van der Waals surface area contributed by atoms with E-state index in [1.807, 2.05) is 14.0 Å². The number of hydrogen-bond acceptors (Lipinski definition) is 3. The summed E-state index contributed by atoms with van der Waals surface area (Å²) >= 11 is 0. The number of aromatic nitrogens is 2. The molecule has 1 aliphatic carbocycles. The summed E-state index contributed by atoms with van der Waals surface area (Å²) in [5.41, 5.74) is 1.91. The molecule has 0 bridgehead atoms. The van der Waals surface area contributed by atoms with Crippen LogP contribution in [-0.4, -0.2) is 16.3 Å². The van der Waals surface area contributed by atoms with Gasteiger partial charge in [0.1, 0.15) is 17.5 Å². The molecule has 0 atom stereocenters. The molecule has 1 heterocycles. The van der Waals surface area contributed by atoms with Gasteiger partial charge in [-0.05, 0) is 31.6 Å². The van der Waals surface area contributed by atoms with Gasteiger partial charge in [-0.15, -0.1) is 0 Å². The van der Waals surface area contributed by atoms with Crippen molar-refractivity contribution >= 4 is 5.82 Å². The molecule has 18 heavy (non-hydrogen) atoms. The second-order valence-electron chi connectivity index (χ2n) is 5.46. The molecule has 0 saturated heterocycles. The van der Waals surface area contributed by atoms with Crippen LogP contribution in [0.15, 0.2) is 0 Å². The third kappa shape index (κ3) is 2.22. The van der Waals surface area contributed by atoms with Gasteiger partial charge in [-0.25, -0.2) is 0 Å². The van der Waals surface area contributed by atoms with Crippen molar-refractivity contribution in [1.29, 1.82) is 5.26 Å². The molecular formula is C14H22N4. The lowest BCUT2D eigenvalue weighted by Gasteiger charge is -2.28. The molecule has 4 nitrogen and oxygen atoms in total. The van der Waals surface area contributed by atoms with Crippen molar-refractivity contribution in [2.75, 3.05) is 11.9 Å². The van der Waals surface area contributed by atoms with Crippen molar-refractivity contribution < 1.29 is 0 Å². The van der Waals surface area contributed by atoms with Crippen molar-refractivity contribution in [1.82, 2.24) is 9.78 Å². The summed E-state index contributed by atoms with van der Waals surface area (Å²) in [5.74, 6) is 0.870. The quantitative estimate of drug-likeness (QED) is 0.888. The van der Waals surface area contributed by atoms with Crippen molar-refractivity contribution in [2.24, 2.45) is 12.5 Å². The third-order valence-corrected chi connectivity index (χ3v) is 4.38. The number of hydrogen-bond donors (Lipinski definition) is 1. The minimum atomic E-state index is 0.422. The van der Waals surface area contributed by atoms with Crippen LogP contribution >= 0.6 is 0 Å². The molecule has 0 spiro atoms. The van der Waals surface area contributed by atoms with E-state index in [4.69, 9.17) is 0 Å². The number of nitriles is 1. The van der Waals surface area contributed by atoms with Gasteiger partial charge in [0, 0.05) is 13.6 Å². The highest BCUT2D eigenvalue weighted by Crippen LogP contribution is 2.41. The van der Waals surface area contributed by atoms with Crippen LogP contribution in [0, 0.1) is 23.7 Å². The Hall–Kier alpha value is -1.50. The largest absolute Gasteiger partial charge is 0.369 e. The highest BCUT2D eigenvalue weighted by molar-refractivity contribution is 5.55. The molecule has 0 aromatic carbocycles. The molecule has 0 amide bonds. The van der Waals surface area contributed by atoms with Crippen molar-refractivity contribution in [3.63, 3.8) is 0 Å². The first-order valence-electron chi connectivity index (χ1n) is 6.79. The number of nitrogens with one attached hydrogen (secondary N) is 1. The number of nitrogens with zero attached hydrogens (tertiary/aromatic N) is 3. The van der Waals surface area contributed by atoms with E-state index < -0.39 is 0 Å². The first-order chi connectivity index (χ1) is 8.62. The van der Waals surface area contributed by atoms with Crippen molar-refractivity contribution in [2.45, 2.75) is 46.0 Å². The minimum Gasteiger partial charge on any atom is -0.369 e. The Balaban J connectivity index is 2.13. The Bertz CT molecular complexity index is 461. The molecule has 4 heteroatoms. The second-order valence-corrected chi connectivity index (χ2v) is 5.46. The number of rotatable bonds is 4. The van der Waals surface area contributed by atoms with Crippen LogP contribution in [0.1, 0.15) is 50.3 Å². The average molecular weight is 246 g/mol. The molecular weight excluding hydrogens is 224 g/mol. The highest BCUT2D eigenvalue weighted by atomic mass is 15.3. The molecule has 2 rings (SSSR count). The van der Waals surface area contributed by atoms with E-state index in [0.29, 0.717) is 11.0 Å². The summed E-state index contributed by atoms with van der Waals surface area (Å²) in [6, 6.07) is 2.24. The molecule has 0 aliphatic heterocycles. The second kappa shape index (κ2) is 5.01. The van der Waals surface area contributed by atoms with Gasteiger partial charge in [0.15, 0.2) is 0 Å². The van der Waals surface area contributed by atoms with Gasteiger partial charge in [0.2, 0.25) is 0 Å². The SMILES string of the molecule is CCC1(CNc2c(C#N)c(C)nn2C)CCCC1.